The van der Waals surface area contributed by atoms with Crippen LogP contribution >= 0.6 is 22.7 Å². The van der Waals surface area contributed by atoms with Gasteiger partial charge in [-0.2, -0.15) is 0 Å². The molecule has 2 N–H and O–H groups in total. The van der Waals surface area contributed by atoms with Crippen molar-refractivity contribution < 1.29 is 9.59 Å². The van der Waals surface area contributed by atoms with E-state index < -0.39 is 0 Å². The molecule has 2 heterocycles. The summed E-state index contributed by atoms with van der Waals surface area (Å²) in [4.78, 5) is 24.8. The van der Waals surface area contributed by atoms with Gasteiger partial charge in [0.2, 0.25) is 22.1 Å². The van der Waals surface area contributed by atoms with Gasteiger partial charge >= 0.3 is 0 Å². The van der Waals surface area contributed by atoms with Crippen LogP contribution in [0.2, 0.25) is 0 Å². The lowest BCUT2D eigenvalue weighted by molar-refractivity contribution is -0.120. The SMILES string of the molecule is O=C(Nc1nnc(C2CCCC(c3nnc(NC(=O)C4CCCC4)s3)C2)s1)C1CCCC1. The molecule has 2 amide bonds. The van der Waals surface area contributed by atoms with Crippen LogP contribution in [0.4, 0.5) is 10.3 Å². The zero-order chi connectivity index (χ0) is 21.9. The molecule has 3 aliphatic rings. The standard InChI is InChI=1S/C22H30N6O2S2/c29-17(13-6-1-2-7-13)23-21-27-25-19(31-21)15-10-5-11-16(12-15)20-26-28-22(32-20)24-18(30)14-8-3-4-9-14/h13-16H,1-12H2,(H,23,27,29)(H,24,28,30). The monoisotopic (exact) mass is 474 g/mol. The van der Waals surface area contributed by atoms with E-state index in [0.29, 0.717) is 22.1 Å². The number of hydrogen-bond donors (Lipinski definition) is 2. The molecule has 32 heavy (non-hydrogen) atoms. The largest absolute Gasteiger partial charge is 0.300 e. The highest BCUT2D eigenvalue weighted by Crippen LogP contribution is 2.43. The van der Waals surface area contributed by atoms with Crippen LogP contribution in [0.3, 0.4) is 0 Å². The second kappa shape index (κ2) is 9.91. The molecule has 10 heteroatoms. The Kier molecular flexibility index (Phi) is 6.77. The van der Waals surface area contributed by atoms with Gasteiger partial charge in [0.05, 0.1) is 0 Å². The van der Waals surface area contributed by atoms with E-state index in [1.165, 1.54) is 22.7 Å². The molecule has 0 aromatic carbocycles. The van der Waals surface area contributed by atoms with Gasteiger partial charge in [-0.1, -0.05) is 54.8 Å². The summed E-state index contributed by atoms with van der Waals surface area (Å²) >= 11 is 3.02. The first kappa shape index (κ1) is 21.9. The van der Waals surface area contributed by atoms with Crippen LogP contribution in [0.1, 0.15) is 98.9 Å². The number of nitrogens with zero attached hydrogens (tertiary/aromatic N) is 4. The fourth-order valence-corrected chi connectivity index (χ4v) is 7.12. The quantitative estimate of drug-likeness (QED) is 0.603. The highest BCUT2D eigenvalue weighted by molar-refractivity contribution is 7.15. The van der Waals surface area contributed by atoms with Gasteiger partial charge < -0.3 is 10.6 Å². The lowest BCUT2D eigenvalue weighted by Crippen LogP contribution is -2.20. The Morgan fingerprint density at radius 2 is 1.06 bits per heavy atom. The summed E-state index contributed by atoms with van der Waals surface area (Å²) in [6, 6.07) is 0. The zero-order valence-electron chi connectivity index (χ0n) is 18.2. The van der Waals surface area contributed by atoms with Gasteiger partial charge in [0.1, 0.15) is 10.0 Å². The molecule has 0 radical (unpaired) electrons. The second-order valence-electron chi connectivity index (χ2n) is 9.39. The maximum atomic E-state index is 12.4. The van der Waals surface area contributed by atoms with Crippen LogP contribution in [0.15, 0.2) is 0 Å². The van der Waals surface area contributed by atoms with E-state index in [2.05, 4.69) is 31.0 Å². The Balaban J connectivity index is 1.18. The molecule has 0 saturated heterocycles. The molecule has 3 aliphatic carbocycles. The Hall–Kier alpha value is -1.94. The van der Waals surface area contributed by atoms with Gasteiger partial charge in [0.25, 0.3) is 0 Å². The summed E-state index contributed by atoms with van der Waals surface area (Å²) in [5.41, 5.74) is 0. The summed E-state index contributed by atoms with van der Waals surface area (Å²) in [7, 11) is 0. The van der Waals surface area contributed by atoms with Gasteiger partial charge in [-0.25, -0.2) is 0 Å². The maximum Gasteiger partial charge on any atom is 0.229 e. The average molecular weight is 475 g/mol. The van der Waals surface area contributed by atoms with E-state index in [9.17, 15) is 9.59 Å². The summed E-state index contributed by atoms with van der Waals surface area (Å²) < 4.78 is 0. The van der Waals surface area contributed by atoms with Crippen molar-refractivity contribution in [3.05, 3.63) is 10.0 Å². The molecule has 2 aromatic rings. The molecule has 0 spiro atoms. The molecule has 3 saturated carbocycles. The Morgan fingerprint density at radius 1 is 0.625 bits per heavy atom. The van der Waals surface area contributed by atoms with Crippen molar-refractivity contribution in [1.29, 1.82) is 0 Å². The molecule has 2 atom stereocenters. The van der Waals surface area contributed by atoms with E-state index in [1.54, 1.807) is 0 Å². The van der Waals surface area contributed by atoms with Gasteiger partial charge in [0.15, 0.2) is 0 Å². The van der Waals surface area contributed by atoms with Crippen LogP contribution in [-0.2, 0) is 9.59 Å². The van der Waals surface area contributed by atoms with Gasteiger partial charge in [-0.15, -0.1) is 20.4 Å². The molecular weight excluding hydrogens is 444 g/mol. The number of carbonyl (C=O) groups is 2. The Bertz CT molecular complexity index is 874. The maximum absolute atomic E-state index is 12.4. The number of amides is 2. The third-order valence-corrected chi connectivity index (χ3v) is 9.17. The van der Waals surface area contributed by atoms with Gasteiger partial charge in [0, 0.05) is 23.7 Å². The molecule has 172 valence electrons. The summed E-state index contributed by atoms with van der Waals surface area (Å²) in [5.74, 6) is 1.08. The lowest BCUT2D eigenvalue weighted by Gasteiger charge is -2.25. The lowest BCUT2D eigenvalue weighted by atomic mass is 9.82. The van der Waals surface area contributed by atoms with Crippen molar-refractivity contribution in [3.8, 4) is 0 Å². The fourth-order valence-electron chi connectivity index (χ4n) is 5.33. The van der Waals surface area contributed by atoms with Crippen LogP contribution < -0.4 is 10.6 Å². The van der Waals surface area contributed by atoms with Crippen LogP contribution in [0.25, 0.3) is 0 Å². The van der Waals surface area contributed by atoms with E-state index in [0.717, 1.165) is 87.1 Å². The van der Waals surface area contributed by atoms with Gasteiger partial charge in [-0.3, -0.25) is 9.59 Å². The highest BCUT2D eigenvalue weighted by atomic mass is 32.1. The van der Waals surface area contributed by atoms with E-state index >= 15 is 0 Å². The van der Waals surface area contributed by atoms with Crippen molar-refractivity contribution in [1.82, 2.24) is 20.4 Å². The highest BCUT2D eigenvalue weighted by Gasteiger charge is 2.30. The molecule has 3 fully saturated rings. The minimum absolute atomic E-state index is 0.0905. The van der Waals surface area contributed by atoms with Crippen LogP contribution in [0, 0.1) is 11.8 Å². The topological polar surface area (TPSA) is 110 Å². The molecule has 8 nitrogen and oxygen atoms in total. The van der Waals surface area contributed by atoms with Crippen molar-refractivity contribution in [2.45, 2.75) is 88.9 Å². The van der Waals surface area contributed by atoms with Crippen molar-refractivity contribution in [2.75, 3.05) is 10.6 Å². The molecule has 2 unspecified atom stereocenters. The second-order valence-corrected chi connectivity index (χ2v) is 11.4. The van der Waals surface area contributed by atoms with E-state index in [-0.39, 0.29) is 23.7 Å². The number of hydrogen-bond acceptors (Lipinski definition) is 8. The van der Waals surface area contributed by atoms with Gasteiger partial charge in [-0.05, 0) is 44.9 Å². The molecule has 0 bridgehead atoms. The zero-order valence-corrected chi connectivity index (χ0v) is 19.8. The number of anilines is 2. The predicted octanol–water partition coefficient (Wildman–Crippen LogP) is 5.09. The first-order valence-electron chi connectivity index (χ1n) is 11.9. The van der Waals surface area contributed by atoms with Crippen LogP contribution in [-0.4, -0.2) is 32.2 Å². The predicted molar refractivity (Wildman–Crippen MR) is 125 cm³/mol. The summed E-state index contributed by atoms with van der Waals surface area (Å²) in [6.45, 7) is 0. The third-order valence-electron chi connectivity index (χ3n) is 7.17. The van der Waals surface area contributed by atoms with E-state index in [1.807, 2.05) is 0 Å². The first-order chi connectivity index (χ1) is 15.7. The summed E-state index contributed by atoms with van der Waals surface area (Å²) in [6.07, 6.45) is 12.7. The smallest absolute Gasteiger partial charge is 0.229 e. The molecule has 5 rings (SSSR count). The molecule has 2 aromatic heterocycles. The third kappa shape index (κ3) is 5.01. The summed E-state index contributed by atoms with van der Waals surface area (Å²) in [5, 5.41) is 26.5. The minimum atomic E-state index is 0.0905. The fraction of sp³-hybridized carbons (Fsp3) is 0.727. The number of carbonyl (C=O) groups excluding carboxylic acids is 2. The first-order valence-corrected chi connectivity index (χ1v) is 13.6. The number of nitrogens with one attached hydrogen (secondary N) is 2. The molecular formula is C22H30N6O2S2. The van der Waals surface area contributed by atoms with Crippen LogP contribution in [0.5, 0.6) is 0 Å². The van der Waals surface area contributed by atoms with E-state index in [4.69, 9.17) is 0 Å². The Morgan fingerprint density at radius 3 is 1.50 bits per heavy atom. The number of aromatic nitrogens is 4. The number of rotatable bonds is 6. The van der Waals surface area contributed by atoms with Crippen molar-refractivity contribution >= 4 is 44.8 Å². The Labute approximate surface area is 196 Å². The van der Waals surface area contributed by atoms with Crippen molar-refractivity contribution in [2.24, 2.45) is 11.8 Å². The molecule has 0 aliphatic heterocycles. The normalized spacial score (nSPS) is 24.6. The minimum Gasteiger partial charge on any atom is -0.300 e. The van der Waals surface area contributed by atoms with Crippen molar-refractivity contribution in [3.63, 3.8) is 0 Å². The average Bonchev–Trinajstić information content (AvgIpc) is 3.61.